The molecule has 3 aromatic rings. The molecule has 0 unspecified atom stereocenters. The van der Waals surface area contributed by atoms with Crippen molar-refractivity contribution in [1.82, 2.24) is 19.7 Å². The van der Waals surface area contributed by atoms with Crippen molar-refractivity contribution >= 4 is 16.9 Å². The van der Waals surface area contributed by atoms with E-state index in [9.17, 15) is 15.3 Å². The Balaban J connectivity index is 1.21. The van der Waals surface area contributed by atoms with Crippen LogP contribution in [0.25, 0.3) is 11.0 Å². The van der Waals surface area contributed by atoms with Gasteiger partial charge in [0.1, 0.15) is 35.3 Å². The number of aromatic nitrogens is 4. The van der Waals surface area contributed by atoms with Gasteiger partial charge in [-0.25, -0.2) is 14.6 Å². The molecule has 10 nitrogen and oxygen atoms in total. The Labute approximate surface area is 238 Å². The number of aliphatic hydroxyl groups excluding tert-OH is 2. The van der Waals surface area contributed by atoms with Gasteiger partial charge in [0.2, 0.25) is 0 Å². The predicted molar refractivity (Wildman–Crippen MR) is 151 cm³/mol. The van der Waals surface area contributed by atoms with E-state index in [0.717, 1.165) is 37.9 Å². The van der Waals surface area contributed by atoms with Gasteiger partial charge in [-0.1, -0.05) is 18.9 Å². The summed E-state index contributed by atoms with van der Waals surface area (Å²) in [5.74, 6) is 8.99. The van der Waals surface area contributed by atoms with Crippen LogP contribution in [0.4, 0.5) is 5.82 Å². The van der Waals surface area contributed by atoms with Crippen LogP contribution in [0.3, 0.4) is 0 Å². The van der Waals surface area contributed by atoms with Gasteiger partial charge < -0.3 is 30.5 Å². The summed E-state index contributed by atoms with van der Waals surface area (Å²) < 4.78 is 12.9. The van der Waals surface area contributed by atoms with Crippen molar-refractivity contribution < 1.29 is 24.8 Å². The topological polar surface area (TPSA) is 149 Å². The van der Waals surface area contributed by atoms with Crippen LogP contribution in [0.5, 0.6) is 5.75 Å². The third-order valence-electron chi connectivity index (χ3n) is 10.6. The molecule has 1 aromatic carbocycles. The van der Waals surface area contributed by atoms with E-state index in [1.165, 1.54) is 17.5 Å². The number of fused-ring (bicyclic) bond motifs is 6. The molecule has 3 heterocycles. The molecule has 7 rings (SSSR count). The maximum atomic E-state index is 12.1. The van der Waals surface area contributed by atoms with Crippen LogP contribution in [0.2, 0.25) is 0 Å². The molecule has 10 heteroatoms. The lowest BCUT2D eigenvalue weighted by molar-refractivity contribution is -0.0647. The van der Waals surface area contributed by atoms with Gasteiger partial charge in [-0.05, 0) is 85.5 Å². The normalized spacial score (nSPS) is 35.8. The summed E-state index contributed by atoms with van der Waals surface area (Å²) in [5.41, 5.74) is 8.42. The Morgan fingerprint density at radius 3 is 2.85 bits per heavy atom. The molecule has 5 N–H and O–H groups in total. The van der Waals surface area contributed by atoms with Crippen LogP contribution in [-0.2, 0) is 11.2 Å². The highest BCUT2D eigenvalue weighted by Gasteiger charge is 2.61. The molecular weight excluding hydrogens is 522 g/mol. The number of nitrogens with two attached hydrogens (primary N) is 1. The standard InChI is InChI=1S/C31H37N5O5/c1-30-10-7-20-19-6-4-18(40-2)13-17(19)3-5-21(20)22(30)8-11-31(30,39)12-9-23-27-28(32)33-16-34-29(27)36(35-23)26-14-24(38)25(15-37)41-26/h4,6,13,16,20-22,24-26,37-39H,3,5,7-8,10-11,14-15H2,1-2H3,(H2,32,33,34)/t20-,21-,22+,24+,25-,26-,30+,31-/m1/s1. The number of anilines is 1. The average Bonchev–Trinajstić information content (AvgIpc) is 3.63. The summed E-state index contributed by atoms with van der Waals surface area (Å²) in [7, 11) is 1.72. The summed E-state index contributed by atoms with van der Waals surface area (Å²) in [6.07, 6.45) is 5.06. The summed E-state index contributed by atoms with van der Waals surface area (Å²) >= 11 is 0. The van der Waals surface area contributed by atoms with Gasteiger partial charge in [-0.15, -0.1) is 0 Å². The second-order valence-corrected chi connectivity index (χ2v) is 12.5. The van der Waals surface area contributed by atoms with Crippen molar-refractivity contribution in [2.45, 2.75) is 81.8 Å². The van der Waals surface area contributed by atoms with E-state index in [2.05, 4.69) is 52.0 Å². The second-order valence-electron chi connectivity index (χ2n) is 12.5. The van der Waals surface area contributed by atoms with E-state index in [0.29, 0.717) is 40.9 Å². The molecule has 4 aliphatic rings. The van der Waals surface area contributed by atoms with E-state index < -0.39 is 24.0 Å². The molecule has 2 saturated carbocycles. The van der Waals surface area contributed by atoms with E-state index in [1.807, 2.05) is 0 Å². The Morgan fingerprint density at radius 1 is 1.22 bits per heavy atom. The van der Waals surface area contributed by atoms with Gasteiger partial charge in [0.25, 0.3) is 0 Å². The largest absolute Gasteiger partial charge is 0.497 e. The number of ether oxygens (including phenoxy) is 2. The lowest BCUT2D eigenvalue weighted by Crippen LogP contribution is -2.50. The minimum atomic E-state index is -1.16. The number of benzene rings is 1. The highest BCUT2D eigenvalue weighted by Crippen LogP contribution is 2.64. The van der Waals surface area contributed by atoms with Crippen molar-refractivity contribution in [3.05, 3.63) is 41.3 Å². The number of methoxy groups -OCH3 is 1. The van der Waals surface area contributed by atoms with Crippen LogP contribution < -0.4 is 10.5 Å². The van der Waals surface area contributed by atoms with Crippen molar-refractivity contribution in [1.29, 1.82) is 0 Å². The Kier molecular flexibility index (Phi) is 6.28. The fourth-order valence-corrected chi connectivity index (χ4v) is 8.38. The SMILES string of the molecule is COc1ccc2c(c1)CC[C@@H]1[C@@H]2CC[C@@]2(C)[C@H]1CC[C@@]2(O)C#Cc1nn([C@H]2C[C@H](O)[C@@H](CO)O2)c2ncnc(N)c12. The number of hydrogen-bond acceptors (Lipinski definition) is 9. The van der Waals surface area contributed by atoms with E-state index in [4.69, 9.17) is 15.2 Å². The predicted octanol–water partition coefficient (Wildman–Crippen LogP) is 2.70. The summed E-state index contributed by atoms with van der Waals surface area (Å²) in [5, 5.41) is 37.2. The Morgan fingerprint density at radius 2 is 2.07 bits per heavy atom. The van der Waals surface area contributed by atoms with Gasteiger partial charge in [-0.3, -0.25) is 0 Å². The monoisotopic (exact) mass is 559 g/mol. The first-order valence-electron chi connectivity index (χ1n) is 14.6. The smallest absolute Gasteiger partial charge is 0.167 e. The van der Waals surface area contributed by atoms with Crippen molar-refractivity contribution in [3.63, 3.8) is 0 Å². The lowest BCUT2D eigenvalue weighted by atomic mass is 9.53. The van der Waals surface area contributed by atoms with Gasteiger partial charge in [-0.2, -0.15) is 5.10 Å². The molecule has 0 spiro atoms. The number of nitrogen functional groups attached to an aromatic ring is 1. The van der Waals surface area contributed by atoms with E-state index >= 15 is 0 Å². The maximum absolute atomic E-state index is 12.1. The average molecular weight is 560 g/mol. The molecule has 0 amide bonds. The molecule has 3 aliphatic carbocycles. The first-order chi connectivity index (χ1) is 19.8. The summed E-state index contributed by atoms with van der Waals surface area (Å²) in [6, 6.07) is 6.51. The zero-order chi connectivity index (χ0) is 28.5. The van der Waals surface area contributed by atoms with Crippen molar-refractivity contribution in [2.75, 3.05) is 19.5 Å². The van der Waals surface area contributed by atoms with Gasteiger partial charge in [0.15, 0.2) is 11.9 Å². The Hall–Kier alpha value is -3.23. The molecule has 41 heavy (non-hydrogen) atoms. The molecule has 1 saturated heterocycles. The number of nitrogens with zero attached hydrogens (tertiary/aromatic N) is 4. The fourth-order valence-electron chi connectivity index (χ4n) is 8.38. The molecular formula is C31H37N5O5. The summed E-state index contributed by atoms with van der Waals surface area (Å²) in [4.78, 5) is 8.53. The summed E-state index contributed by atoms with van der Waals surface area (Å²) in [6.45, 7) is 1.92. The molecule has 1 aliphatic heterocycles. The molecule has 2 aromatic heterocycles. The molecule has 0 bridgehead atoms. The Bertz CT molecular complexity index is 1560. The third kappa shape index (κ3) is 3.97. The highest BCUT2D eigenvalue weighted by atomic mass is 16.5. The highest BCUT2D eigenvalue weighted by molar-refractivity contribution is 5.90. The van der Waals surface area contributed by atoms with Gasteiger partial charge in [0, 0.05) is 11.8 Å². The van der Waals surface area contributed by atoms with E-state index in [1.54, 1.807) is 11.8 Å². The molecule has 8 atom stereocenters. The fraction of sp³-hybridized carbons (Fsp3) is 0.581. The van der Waals surface area contributed by atoms with Crippen LogP contribution >= 0.6 is 0 Å². The number of rotatable bonds is 3. The van der Waals surface area contributed by atoms with Crippen LogP contribution in [0.1, 0.15) is 74.4 Å². The van der Waals surface area contributed by atoms with E-state index in [-0.39, 0.29) is 24.3 Å². The third-order valence-corrected chi connectivity index (χ3v) is 10.6. The second kappa shape index (κ2) is 9.66. The number of aryl methyl sites for hydroxylation is 1. The van der Waals surface area contributed by atoms with Gasteiger partial charge >= 0.3 is 0 Å². The van der Waals surface area contributed by atoms with Crippen molar-refractivity contribution in [3.8, 4) is 17.6 Å². The van der Waals surface area contributed by atoms with Crippen molar-refractivity contribution in [2.24, 2.45) is 17.3 Å². The van der Waals surface area contributed by atoms with Crippen LogP contribution in [-0.4, -0.2) is 66.6 Å². The lowest BCUT2D eigenvalue weighted by Gasteiger charge is -2.52. The maximum Gasteiger partial charge on any atom is 0.167 e. The first-order valence-corrected chi connectivity index (χ1v) is 14.6. The van der Waals surface area contributed by atoms with Crippen LogP contribution in [0.15, 0.2) is 24.5 Å². The zero-order valence-electron chi connectivity index (χ0n) is 23.5. The number of aliphatic hydroxyl groups is 3. The van der Waals surface area contributed by atoms with Crippen LogP contribution in [0, 0.1) is 29.1 Å². The first kappa shape index (κ1) is 26.7. The minimum Gasteiger partial charge on any atom is -0.497 e. The molecule has 3 fully saturated rings. The minimum absolute atomic E-state index is 0.239. The quantitative estimate of drug-likeness (QED) is 0.355. The zero-order valence-corrected chi connectivity index (χ0v) is 23.5. The molecule has 0 radical (unpaired) electrons. The number of hydrogen-bond donors (Lipinski definition) is 4. The molecule has 216 valence electrons. The van der Waals surface area contributed by atoms with Gasteiger partial charge in [0.05, 0.1) is 25.2 Å².